The molecule has 2 heteroatoms. The van der Waals surface area contributed by atoms with Crippen LogP contribution in [0.3, 0.4) is 0 Å². The van der Waals surface area contributed by atoms with Crippen LogP contribution in [0, 0.1) is 17.8 Å². The van der Waals surface area contributed by atoms with Crippen molar-refractivity contribution in [2.75, 3.05) is 6.61 Å². The molecule has 1 unspecified atom stereocenters. The minimum atomic E-state index is -0.443. The molecule has 18 heavy (non-hydrogen) atoms. The van der Waals surface area contributed by atoms with Crippen molar-refractivity contribution in [1.29, 1.82) is 0 Å². The SMILES string of the molecule is OC(CCC#Cc1ccccc1)C[O+]=[C-]C1CC1. The quantitative estimate of drug-likeness (QED) is 0.479. The predicted molar refractivity (Wildman–Crippen MR) is 71.8 cm³/mol. The normalized spacial score (nSPS) is 16.3. The summed E-state index contributed by atoms with van der Waals surface area (Å²) in [5, 5.41) is 9.65. The van der Waals surface area contributed by atoms with E-state index >= 15 is 0 Å². The van der Waals surface area contributed by atoms with E-state index in [2.05, 4.69) is 18.1 Å². The number of hydrogen-bond donors (Lipinski definition) is 1. The summed E-state index contributed by atoms with van der Waals surface area (Å²) in [5.74, 6) is 6.63. The summed E-state index contributed by atoms with van der Waals surface area (Å²) in [6.45, 7) is 0.337. The van der Waals surface area contributed by atoms with Crippen molar-refractivity contribution in [1.82, 2.24) is 0 Å². The average Bonchev–Trinajstić information content (AvgIpc) is 3.20. The molecule has 1 aromatic carbocycles. The Kier molecular flexibility index (Phi) is 4.99. The van der Waals surface area contributed by atoms with Crippen molar-refractivity contribution in [3.05, 3.63) is 35.9 Å². The first-order chi connectivity index (χ1) is 8.84. The van der Waals surface area contributed by atoms with Gasteiger partial charge in [0.15, 0.2) is 0 Å². The first-order valence-corrected chi connectivity index (χ1v) is 6.44. The minimum absolute atomic E-state index is 0.337. The average molecular weight is 242 g/mol. The van der Waals surface area contributed by atoms with Crippen LogP contribution in [-0.4, -0.2) is 24.1 Å². The fraction of sp³-hybridized carbons (Fsp3) is 0.438. The van der Waals surface area contributed by atoms with Gasteiger partial charge >= 0.3 is 0 Å². The molecule has 1 saturated carbocycles. The maximum atomic E-state index is 9.65. The Bertz CT molecular complexity index is 435. The number of rotatable bonds is 5. The fourth-order valence-corrected chi connectivity index (χ4v) is 1.47. The molecule has 0 saturated heterocycles. The lowest BCUT2D eigenvalue weighted by Gasteiger charge is -2.00. The molecule has 0 bridgehead atoms. The number of hydrogen-bond acceptors (Lipinski definition) is 1. The molecule has 0 amide bonds. The van der Waals surface area contributed by atoms with Crippen molar-refractivity contribution in [2.45, 2.75) is 31.8 Å². The van der Waals surface area contributed by atoms with E-state index < -0.39 is 6.10 Å². The first kappa shape index (κ1) is 12.9. The monoisotopic (exact) mass is 242 g/mol. The zero-order chi connectivity index (χ0) is 12.6. The predicted octanol–water partition coefficient (Wildman–Crippen LogP) is 2.23. The van der Waals surface area contributed by atoms with E-state index in [1.807, 2.05) is 30.3 Å². The second-order valence-electron chi connectivity index (χ2n) is 4.56. The van der Waals surface area contributed by atoms with Gasteiger partial charge in [0.25, 0.3) is 0 Å². The molecule has 1 aromatic rings. The van der Waals surface area contributed by atoms with Crippen LogP contribution in [0.15, 0.2) is 30.3 Å². The van der Waals surface area contributed by atoms with E-state index in [-0.39, 0.29) is 0 Å². The number of aliphatic hydroxyl groups excluding tert-OH is 1. The van der Waals surface area contributed by atoms with E-state index in [1.165, 1.54) is 12.8 Å². The Morgan fingerprint density at radius 3 is 2.83 bits per heavy atom. The Morgan fingerprint density at radius 2 is 2.11 bits per heavy atom. The molecule has 1 aliphatic carbocycles. The summed E-state index contributed by atoms with van der Waals surface area (Å²) in [6, 6.07) is 9.86. The summed E-state index contributed by atoms with van der Waals surface area (Å²) in [4.78, 5) is 0. The van der Waals surface area contributed by atoms with Gasteiger partial charge in [0.05, 0.1) is 0 Å². The van der Waals surface area contributed by atoms with Crippen molar-refractivity contribution >= 4 is 6.29 Å². The minimum Gasteiger partial charge on any atom is -0.454 e. The topological polar surface area (TPSA) is 31.5 Å². The van der Waals surface area contributed by atoms with Crippen LogP contribution in [0.2, 0.25) is 0 Å². The van der Waals surface area contributed by atoms with Crippen molar-refractivity contribution < 1.29 is 9.53 Å². The molecule has 0 radical (unpaired) electrons. The summed E-state index contributed by atoms with van der Waals surface area (Å²) in [6.07, 6.45) is 6.15. The maximum Gasteiger partial charge on any atom is 0.243 e. The van der Waals surface area contributed by atoms with Crippen LogP contribution in [0.5, 0.6) is 0 Å². The second-order valence-corrected chi connectivity index (χ2v) is 4.56. The van der Waals surface area contributed by atoms with Crippen LogP contribution in [0.25, 0.3) is 0 Å². The van der Waals surface area contributed by atoms with Crippen LogP contribution in [-0.2, 0) is 4.42 Å². The molecular weight excluding hydrogens is 224 g/mol. The largest absolute Gasteiger partial charge is 0.454 e. The van der Waals surface area contributed by atoms with Gasteiger partial charge in [0, 0.05) is 12.0 Å². The molecule has 2 nitrogen and oxygen atoms in total. The lowest BCUT2D eigenvalue weighted by molar-refractivity contribution is 0.00673. The summed E-state index contributed by atoms with van der Waals surface area (Å²) in [5.41, 5.74) is 1.01. The summed E-state index contributed by atoms with van der Waals surface area (Å²) in [7, 11) is 0. The van der Waals surface area contributed by atoms with Gasteiger partial charge < -0.3 is 9.53 Å². The van der Waals surface area contributed by atoms with Gasteiger partial charge in [-0.3, -0.25) is 0 Å². The highest BCUT2D eigenvalue weighted by atomic mass is 16.4. The highest BCUT2D eigenvalue weighted by Crippen LogP contribution is 2.25. The molecular formula is C16H18O2. The van der Waals surface area contributed by atoms with E-state index in [0.29, 0.717) is 25.4 Å². The molecule has 0 aliphatic heterocycles. The Morgan fingerprint density at radius 1 is 1.33 bits per heavy atom. The van der Waals surface area contributed by atoms with Gasteiger partial charge in [0.1, 0.15) is 6.10 Å². The van der Waals surface area contributed by atoms with Gasteiger partial charge in [-0.15, -0.1) is 0 Å². The molecule has 1 atom stereocenters. The lowest BCUT2D eigenvalue weighted by Crippen LogP contribution is -2.12. The number of carbonyl (C=O) groups excluding carboxylic acids is 1. The van der Waals surface area contributed by atoms with Crippen molar-refractivity contribution in [3.8, 4) is 11.8 Å². The third-order valence-corrected chi connectivity index (χ3v) is 2.71. The van der Waals surface area contributed by atoms with Gasteiger partial charge in [-0.25, -0.2) is 0 Å². The van der Waals surface area contributed by atoms with Crippen LogP contribution >= 0.6 is 0 Å². The van der Waals surface area contributed by atoms with E-state index in [9.17, 15) is 5.11 Å². The van der Waals surface area contributed by atoms with Crippen LogP contribution in [0.1, 0.15) is 31.2 Å². The Balaban J connectivity index is 1.63. The fourth-order valence-electron chi connectivity index (χ4n) is 1.47. The van der Waals surface area contributed by atoms with Crippen molar-refractivity contribution in [2.24, 2.45) is 5.92 Å². The molecule has 1 N–H and O–H groups in total. The summed E-state index contributed by atoms with van der Waals surface area (Å²) >= 11 is 0. The van der Waals surface area contributed by atoms with E-state index in [4.69, 9.17) is 4.42 Å². The molecule has 1 aliphatic rings. The Hall–Kier alpha value is -1.59. The highest BCUT2D eigenvalue weighted by molar-refractivity contribution is 5.58. The molecule has 1 fully saturated rings. The number of aliphatic hydroxyl groups is 1. The van der Waals surface area contributed by atoms with Crippen LogP contribution < -0.4 is 0 Å². The molecule has 0 spiro atoms. The summed E-state index contributed by atoms with van der Waals surface area (Å²) < 4.78 is 5.19. The zero-order valence-corrected chi connectivity index (χ0v) is 10.4. The van der Waals surface area contributed by atoms with Gasteiger partial charge in [-0.05, 0) is 24.8 Å². The van der Waals surface area contributed by atoms with Crippen molar-refractivity contribution in [3.63, 3.8) is 0 Å². The van der Waals surface area contributed by atoms with Gasteiger partial charge in [-0.2, -0.15) is 0 Å². The third kappa shape index (κ3) is 5.16. The molecule has 0 heterocycles. The van der Waals surface area contributed by atoms with E-state index in [0.717, 1.165) is 5.56 Å². The highest BCUT2D eigenvalue weighted by Gasteiger charge is 2.14. The molecule has 2 rings (SSSR count). The third-order valence-electron chi connectivity index (χ3n) is 2.71. The second kappa shape index (κ2) is 6.98. The van der Waals surface area contributed by atoms with E-state index in [1.54, 1.807) is 0 Å². The standard InChI is InChI=1S/C16H18O2/c17-16(13-18-12-15-10-11-15)9-5-4-8-14-6-2-1-3-7-14/h1-3,6-7,15-17H,5,9-11,13H2. The Labute approximate surface area is 108 Å². The first-order valence-electron chi connectivity index (χ1n) is 6.44. The smallest absolute Gasteiger partial charge is 0.243 e. The molecule has 0 aromatic heterocycles. The number of benzene rings is 1. The molecule has 94 valence electrons. The maximum absolute atomic E-state index is 9.65. The zero-order valence-electron chi connectivity index (χ0n) is 10.4. The van der Waals surface area contributed by atoms with Crippen LogP contribution in [0.4, 0.5) is 0 Å². The lowest BCUT2D eigenvalue weighted by atomic mass is 10.2. The van der Waals surface area contributed by atoms with Gasteiger partial charge in [-0.1, -0.05) is 48.8 Å². The van der Waals surface area contributed by atoms with Gasteiger partial charge in [0.2, 0.25) is 6.61 Å².